The Morgan fingerprint density at radius 2 is 1.86 bits per heavy atom. The van der Waals surface area contributed by atoms with E-state index >= 15 is 0 Å². The number of amidine groups is 1. The third-order valence-corrected chi connectivity index (χ3v) is 4.58. The number of ether oxygens (including phenoxy) is 2. The van der Waals surface area contributed by atoms with E-state index in [2.05, 4.69) is 28.9 Å². The minimum absolute atomic E-state index is 0.368. The average molecular weight is 359 g/mol. The highest BCUT2D eigenvalue weighted by molar-refractivity contribution is 9.10. The average Bonchev–Trinajstić information content (AvgIpc) is 2.49. The zero-order valence-corrected chi connectivity index (χ0v) is 13.7. The number of nitrogens with two attached hydrogens (primary N) is 1. The van der Waals surface area contributed by atoms with Crippen molar-refractivity contribution in [1.29, 1.82) is 0 Å². The predicted octanol–water partition coefficient (Wildman–Crippen LogP) is 3.49. The molecule has 2 heterocycles. The lowest BCUT2D eigenvalue weighted by atomic mass is 9.80. The summed E-state index contributed by atoms with van der Waals surface area (Å²) in [6.45, 7) is 2.88. The van der Waals surface area contributed by atoms with Gasteiger partial charge in [0, 0.05) is 15.6 Å². The van der Waals surface area contributed by atoms with Gasteiger partial charge in [-0.2, -0.15) is 0 Å². The number of aryl methyl sites for hydroxylation is 1. The van der Waals surface area contributed by atoms with Gasteiger partial charge in [0.15, 0.2) is 0 Å². The number of aliphatic imine (C=N–C) groups is 1. The Bertz CT molecular complexity index is 750. The Morgan fingerprint density at radius 3 is 2.64 bits per heavy atom. The molecule has 2 aliphatic rings. The smallest absolute Gasteiger partial charge is 0.143 e. The van der Waals surface area contributed by atoms with Crippen molar-refractivity contribution in [3.8, 4) is 11.5 Å². The minimum atomic E-state index is -0.638. The first kappa shape index (κ1) is 13.8. The summed E-state index contributed by atoms with van der Waals surface area (Å²) >= 11 is 3.53. The SMILES string of the molecule is Cc1ccc2c(c1)[C@]1(COCC(N)=N1)c1cc(Br)ccc1O2. The largest absolute Gasteiger partial charge is 0.457 e. The van der Waals surface area contributed by atoms with Crippen LogP contribution in [0.2, 0.25) is 0 Å². The summed E-state index contributed by atoms with van der Waals surface area (Å²) in [6, 6.07) is 12.1. The van der Waals surface area contributed by atoms with Crippen LogP contribution in [0.25, 0.3) is 0 Å². The third-order valence-electron chi connectivity index (χ3n) is 4.08. The fourth-order valence-corrected chi connectivity index (χ4v) is 3.48. The van der Waals surface area contributed by atoms with Gasteiger partial charge in [0.1, 0.15) is 29.5 Å². The number of fused-ring (bicyclic) bond motifs is 4. The molecule has 0 fully saturated rings. The fourth-order valence-electron chi connectivity index (χ4n) is 3.12. The monoisotopic (exact) mass is 358 g/mol. The van der Waals surface area contributed by atoms with Gasteiger partial charge < -0.3 is 15.2 Å². The molecule has 0 saturated carbocycles. The summed E-state index contributed by atoms with van der Waals surface area (Å²) < 4.78 is 12.8. The van der Waals surface area contributed by atoms with Crippen molar-refractivity contribution in [1.82, 2.24) is 0 Å². The van der Waals surface area contributed by atoms with Gasteiger partial charge in [-0.05, 0) is 37.3 Å². The molecule has 1 spiro atoms. The van der Waals surface area contributed by atoms with E-state index < -0.39 is 5.54 Å². The molecule has 5 heteroatoms. The van der Waals surface area contributed by atoms with Crippen LogP contribution >= 0.6 is 15.9 Å². The maximum absolute atomic E-state index is 6.06. The lowest BCUT2D eigenvalue weighted by Crippen LogP contribution is -2.42. The van der Waals surface area contributed by atoms with Crippen LogP contribution < -0.4 is 10.5 Å². The zero-order chi connectivity index (χ0) is 15.3. The molecule has 112 valence electrons. The van der Waals surface area contributed by atoms with Crippen LogP contribution in [-0.2, 0) is 10.3 Å². The molecule has 0 bridgehead atoms. The van der Waals surface area contributed by atoms with Crippen LogP contribution in [0.4, 0.5) is 0 Å². The highest BCUT2D eigenvalue weighted by Crippen LogP contribution is 2.50. The van der Waals surface area contributed by atoms with Crippen molar-refractivity contribution in [2.24, 2.45) is 10.7 Å². The summed E-state index contributed by atoms with van der Waals surface area (Å²) in [5.74, 6) is 2.11. The van der Waals surface area contributed by atoms with Crippen LogP contribution in [0, 0.1) is 6.92 Å². The number of halogens is 1. The second-order valence-electron chi connectivity index (χ2n) is 5.70. The Kier molecular flexibility index (Phi) is 3.03. The van der Waals surface area contributed by atoms with Gasteiger partial charge in [0.2, 0.25) is 0 Å². The van der Waals surface area contributed by atoms with E-state index in [1.54, 1.807) is 0 Å². The van der Waals surface area contributed by atoms with Crippen molar-refractivity contribution >= 4 is 21.8 Å². The van der Waals surface area contributed by atoms with Crippen LogP contribution in [0.15, 0.2) is 45.9 Å². The van der Waals surface area contributed by atoms with Gasteiger partial charge in [-0.25, -0.2) is 0 Å². The van der Waals surface area contributed by atoms with E-state index in [1.807, 2.05) is 30.3 Å². The molecule has 2 aromatic carbocycles. The van der Waals surface area contributed by atoms with Gasteiger partial charge in [-0.15, -0.1) is 0 Å². The summed E-state index contributed by atoms with van der Waals surface area (Å²) in [6.07, 6.45) is 0. The van der Waals surface area contributed by atoms with E-state index in [4.69, 9.17) is 20.2 Å². The highest BCUT2D eigenvalue weighted by Gasteiger charge is 2.44. The maximum atomic E-state index is 6.06. The van der Waals surface area contributed by atoms with Gasteiger partial charge in [-0.1, -0.05) is 27.6 Å². The second kappa shape index (κ2) is 4.83. The van der Waals surface area contributed by atoms with Crippen molar-refractivity contribution in [2.45, 2.75) is 12.5 Å². The molecular weight excluding hydrogens is 344 g/mol. The van der Waals surface area contributed by atoms with E-state index in [0.29, 0.717) is 19.0 Å². The molecule has 2 aliphatic heterocycles. The molecule has 4 rings (SSSR count). The van der Waals surface area contributed by atoms with E-state index in [0.717, 1.165) is 32.7 Å². The number of nitrogens with zero attached hydrogens (tertiary/aromatic N) is 1. The summed E-state index contributed by atoms with van der Waals surface area (Å²) in [7, 11) is 0. The Labute approximate surface area is 137 Å². The molecule has 0 radical (unpaired) electrons. The number of rotatable bonds is 0. The second-order valence-corrected chi connectivity index (χ2v) is 6.61. The molecule has 2 aromatic rings. The van der Waals surface area contributed by atoms with E-state index in [-0.39, 0.29) is 0 Å². The summed E-state index contributed by atoms with van der Waals surface area (Å²) in [5, 5.41) is 0. The lowest BCUT2D eigenvalue weighted by molar-refractivity contribution is 0.110. The quantitative estimate of drug-likeness (QED) is 0.783. The highest BCUT2D eigenvalue weighted by atomic mass is 79.9. The van der Waals surface area contributed by atoms with Crippen molar-refractivity contribution in [3.63, 3.8) is 0 Å². The zero-order valence-electron chi connectivity index (χ0n) is 12.1. The number of benzene rings is 2. The van der Waals surface area contributed by atoms with Crippen molar-refractivity contribution in [3.05, 3.63) is 57.6 Å². The molecular formula is C17H15BrN2O2. The van der Waals surface area contributed by atoms with Gasteiger partial charge in [0.05, 0.1) is 6.61 Å². The molecule has 0 aromatic heterocycles. The molecule has 22 heavy (non-hydrogen) atoms. The Hall–Kier alpha value is -1.85. The Morgan fingerprint density at radius 1 is 1.14 bits per heavy atom. The van der Waals surface area contributed by atoms with Gasteiger partial charge in [-0.3, -0.25) is 4.99 Å². The molecule has 4 nitrogen and oxygen atoms in total. The maximum Gasteiger partial charge on any atom is 0.143 e. The van der Waals surface area contributed by atoms with Crippen LogP contribution in [0.5, 0.6) is 11.5 Å². The van der Waals surface area contributed by atoms with Gasteiger partial charge >= 0.3 is 0 Å². The molecule has 0 unspecified atom stereocenters. The topological polar surface area (TPSA) is 56.8 Å². The van der Waals surface area contributed by atoms with Crippen LogP contribution in [0.3, 0.4) is 0 Å². The van der Waals surface area contributed by atoms with Crippen LogP contribution in [-0.4, -0.2) is 19.0 Å². The van der Waals surface area contributed by atoms with Crippen molar-refractivity contribution in [2.75, 3.05) is 13.2 Å². The van der Waals surface area contributed by atoms with E-state index in [9.17, 15) is 0 Å². The molecule has 0 saturated heterocycles. The molecule has 2 N–H and O–H groups in total. The normalized spacial score (nSPS) is 22.5. The standard InChI is InChI=1S/C17H15BrN2O2/c1-10-2-4-14-12(6-10)17(9-21-8-16(19)20-17)13-7-11(18)3-5-15(13)22-14/h2-7H,8-9H2,1H3,(H2,19,20)/t17-/m1/s1. The predicted molar refractivity (Wildman–Crippen MR) is 88.6 cm³/mol. The summed E-state index contributed by atoms with van der Waals surface area (Å²) in [4.78, 5) is 4.81. The first-order valence-corrected chi connectivity index (χ1v) is 7.89. The minimum Gasteiger partial charge on any atom is -0.457 e. The van der Waals surface area contributed by atoms with Crippen molar-refractivity contribution < 1.29 is 9.47 Å². The first-order valence-electron chi connectivity index (χ1n) is 7.09. The number of hydrogen-bond donors (Lipinski definition) is 1. The third kappa shape index (κ3) is 1.96. The molecule has 1 atom stereocenters. The molecule has 0 amide bonds. The van der Waals surface area contributed by atoms with Gasteiger partial charge in [0.25, 0.3) is 0 Å². The number of hydrogen-bond acceptors (Lipinski definition) is 4. The molecule has 0 aliphatic carbocycles. The fraction of sp³-hybridized carbons (Fsp3) is 0.235. The van der Waals surface area contributed by atoms with E-state index in [1.165, 1.54) is 0 Å². The Balaban J connectivity index is 2.05. The van der Waals surface area contributed by atoms with Crippen LogP contribution in [0.1, 0.15) is 16.7 Å². The summed E-state index contributed by atoms with van der Waals surface area (Å²) in [5.41, 5.74) is 8.49. The lowest BCUT2D eigenvalue weighted by Gasteiger charge is -2.39. The first-order chi connectivity index (χ1) is 10.6.